The van der Waals surface area contributed by atoms with Crippen LogP contribution in [0.3, 0.4) is 0 Å². The molecule has 0 fully saturated rings. The SMILES string of the molecule is CCC(C)N(CC(=O)O)C(=O)c1cn(-c2ccccc2)nn1. The van der Waals surface area contributed by atoms with Crippen LogP contribution in [0, 0.1) is 0 Å². The maximum Gasteiger partial charge on any atom is 0.323 e. The van der Waals surface area contributed by atoms with Crippen LogP contribution in [0.25, 0.3) is 5.69 Å². The van der Waals surface area contributed by atoms with Gasteiger partial charge in [-0.05, 0) is 25.5 Å². The van der Waals surface area contributed by atoms with Crippen LogP contribution < -0.4 is 0 Å². The summed E-state index contributed by atoms with van der Waals surface area (Å²) in [5.41, 5.74) is 0.910. The van der Waals surface area contributed by atoms with Gasteiger partial charge in [0, 0.05) is 6.04 Å². The highest BCUT2D eigenvalue weighted by Gasteiger charge is 2.25. The van der Waals surface area contributed by atoms with Crippen molar-refractivity contribution in [3.05, 3.63) is 42.2 Å². The molecule has 0 saturated carbocycles. The molecule has 7 heteroatoms. The van der Waals surface area contributed by atoms with Crippen molar-refractivity contribution < 1.29 is 14.7 Å². The molecule has 1 amide bonds. The number of carbonyl (C=O) groups is 2. The second kappa shape index (κ2) is 6.84. The molecule has 1 atom stereocenters. The summed E-state index contributed by atoms with van der Waals surface area (Å²) in [5.74, 6) is -1.48. The molecule has 0 radical (unpaired) electrons. The van der Waals surface area contributed by atoms with Crippen LogP contribution in [0.2, 0.25) is 0 Å². The molecule has 2 aromatic rings. The first-order valence-electron chi connectivity index (χ1n) is 7.03. The van der Waals surface area contributed by atoms with Gasteiger partial charge in [-0.15, -0.1) is 5.10 Å². The Kier molecular flexibility index (Phi) is 4.88. The summed E-state index contributed by atoms with van der Waals surface area (Å²) in [6.07, 6.45) is 2.17. The molecule has 0 spiro atoms. The van der Waals surface area contributed by atoms with Crippen molar-refractivity contribution in [2.45, 2.75) is 26.3 Å². The van der Waals surface area contributed by atoms with E-state index in [1.165, 1.54) is 15.8 Å². The monoisotopic (exact) mass is 302 g/mol. The Balaban J connectivity index is 2.24. The molecule has 116 valence electrons. The van der Waals surface area contributed by atoms with E-state index in [2.05, 4.69) is 10.3 Å². The number of carboxylic acids is 1. The molecule has 7 nitrogen and oxygen atoms in total. The van der Waals surface area contributed by atoms with Gasteiger partial charge in [-0.1, -0.05) is 30.3 Å². The molecule has 1 N–H and O–H groups in total. The summed E-state index contributed by atoms with van der Waals surface area (Å²) in [6.45, 7) is 3.35. The Morgan fingerprint density at radius 2 is 2.00 bits per heavy atom. The van der Waals surface area contributed by atoms with Crippen molar-refractivity contribution in [2.75, 3.05) is 6.54 Å². The molecule has 0 aliphatic heterocycles. The van der Waals surface area contributed by atoms with Crippen molar-refractivity contribution in [2.24, 2.45) is 0 Å². The zero-order valence-electron chi connectivity index (χ0n) is 12.5. The van der Waals surface area contributed by atoms with Gasteiger partial charge in [0.2, 0.25) is 0 Å². The Morgan fingerprint density at radius 1 is 1.32 bits per heavy atom. The molecule has 1 aromatic heterocycles. The number of hydrogen-bond donors (Lipinski definition) is 1. The molecule has 1 aromatic carbocycles. The molecule has 2 rings (SSSR count). The summed E-state index contributed by atoms with van der Waals surface area (Å²) in [4.78, 5) is 24.7. The molecule has 1 unspecified atom stereocenters. The first kappa shape index (κ1) is 15.7. The lowest BCUT2D eigenvalue weighted by Gasteiger charge is -2.25. The number of aliphatic carboxylic acids is 1. The van der Waals surface area contributed by atoms with Gasteiger partial charge in [-0.3, -0.25) is 9.59 Å². The zero-order valence-corrected chi connectivity index (χ0v) is 12.5. The quantitative estimate of drug-likeness (QED) is 0.875. The minimum Gasteiger partial charge on any atom is -0.480 e. The third kappa shape index (κ3) is 3.49. The lowest BCUT2D eigenvalue weighted by molar-refractivity contribution is -0.138. The average Bonchev–Trinajstić information content (AvgIpc) is 3.02. The predicted octanol–water partition coefficient (Wildman–Crippen LogP) is 1.59. The second-order valence-corrected chi connectivity index (χ2v) is 4.97. The van der Waals surface area contributed by atoms with Crippen molar-refractivity contribution in [3.63, 3.8) is 0 Å². The Labute approximate surface area is 128 Å². The van der Waals surface area contributed by atoms with Crippen LogP contribution >= 0.6 is 0 Å². The van der Waals surface area contributed by atoms with Crippen molar-refractivity contribution in [1.82, 2.24) is 19.9 Å². The number of amides is 1. The van der Waals surface area contributed by atoms with E-state index in [0.717, 1.165) is 5.69 Å². The molecular weight excluding hydrogens is 284 g/mol. The van der Waals surface area contributed by atoms with Crippen LogP contribution in [0.4, 0.5) is 0 Å². The molecule has 0 aliphatic carbocycles. The summed E-state index contributed by atoms with van der Waals surface area (Å²) in [7, 11) is 0. The number of para-hydroxylation sites is 1. The van der Waals surface area contributed by atoms with Gasteiger partial charge in [-0.25, -0.2) is 4.68 Å². The Morgan fingerprint density at radius 3 is 2.59 bits per heavy atom. The summed E-state index contributed by atoms with van der Waals surface area (Å²) < 4.78 is 1.49. The number of nitrogens with zero attached hydrogens (tertiary/aromatic N) is 4. The van der Waals surface area contributed by atoms with Gasteiger partial charge in [-0.2, -0.15) is 0 Å². The van der Waals surface area contributed by atoms with Gasteiger partial charge < -0.3 is 10.0 Å². The lowest BCUT2D eigenvalue weighted by Crippen LogP contribution is -2.42. The second-order valence-electron chi connectivity index (χ2n) is 4.97. The van der Waals surface area contributed by atoms with E-state index in [-0.39, 0.29) is 18.3 Å². The van der Waals surface area contributed by atoms with E-state index in [1.807, 2.05) is 44.2 Å². The number of carbonyl (C=O) groups excluding carboxylic acids is 1. The fraction of sp³-hybridized carbons (Fsp3) is 0.333. The van der Waals surface area contributed by atoms with Crippen LogP contribution in [0.5, 0.6) is 0 Å². The fourth-order valence-electron chi connectivity index (χ4n) is 2.01. The van der Waals surface area contributed by atoms with E-state index < -0.39 is 11.9 Å². The van der Waals surface area contributed by atoms with Crippen molar-refractivity contribution in [3.8, 4) is 5.69 Å². The highest BCUT2D eigenvalue weighted by atomic mass is 16.4. The summed E-state index contributed by atoms with van der Waals surface area (Å²) in [5, 5.41) is 16.8. The number of rotatable bonds is 6. The van der Waals surface area contributed by atoms with Crippen molar-refractivity contribution >= 4 is 11.9 Å². The number of aromatic nitrogens is 3. The van der Waals surface area contributed by atoms with Gasteiger partial charge >= 0.3 is 5.97 Å². The van der Waals surface area contributed by atoms with Gasteiger partial charge in [0.1, 0.15) is 6.54 Å². The topological polar surface area (TPSA) is 88.3 Å². The number of carboxylic acid groups (broad SMARTS) is 1. The van der Waals surface area contributed by atoms with Crippen LogP contribution in [0.15, 0.2) is 36.5 Å². The van der Waals surface area contributed by atoms with Crippen LogP contribution in [0.1, 0.15) is 30.8 Å². The van der Waals surface area contributed by atoms with Crippen LogP contribution in [-0.2, 0) is 4.79 Å². The minimum atomic E-state index is -1.05. The van der Waals surface area contributed by atoms with E-state index in [4.69, 9.17) is 5.11 Å². The normalized spacial score (nSPS) is 11.9. The van der Waals surface area contributed by atoms with Gasteiger partial charge in [0.05, 0.1) is 11.9 Å². The van der Waals surface area contributed by atoms with Crippen molar-refractivity contribution in [1.29, 1.82) is 0 Å². The molecule has 1 heterocycles. The molecular formula is C15H18N4O3. The zero-order chi connectivity index (χ0) is 16.1. The first-order chi connectivity index (χ1) is 10.5. The van der Waals surface area contributed by atoms with E-state index in [1.54, 1.807) is 0 Å². The molecule has 0 aliphatic rings. The maximum absolute atomic E-state index is 12.5. The molecule has 0 saturated heterocycles. The van der Waals surface area contributed by atoms with Gasteiger partial charge in [0.15, 0.2) is 5.69 Å². The lowest BCUT2D eigenvalue weighted by atomic mass is 10.2. The molecule has 22 heavy (non-hydrogen) atoms. The standard InChI is InChI=1S/C15H18N4O3/c1-3-11(2)18(10-14(20)21)15(22)13-9-19(17-16-13)12-7-5-4-6-8-12/h4-9,11H,3,10H2,1-2H3,(H,20,21). The Hall–Kier alpha value is -2.70. The van der Waals surface area contributed by atoms with E-state index in [9.17, 15) is 9.59 Å². The largest absolute Gasteiger partial charge is 0.480 e. The summed E-state index contributed by atoms with van der Waals surface area (Å²) >= 11 is 0. The van der Waals surface area contributed by atoms with E-state index in [0.29, 0.717) is 6.42 Å². The molecule has 0 bridgehead atoms. The van der Waals surface area contributed by atoms with E-state index >= 15 is 0 Å². The maximum atomic E-state index is 12.5. The van der Waals surface area contributed by atoms with Crippen LogP contribution in [-0.4, -0.2) is 49.5 Å². The Bertz CT molecular complexity index is 654. The average molecular weight is 302 g/mol. The number of benzene rings is 1. The smallest absolute Gasteiger partial charge is 0.323 e. The highest BCUT2D eigenvalue weighted by molar-refractivity contribution is 5.94. The fourth-order valence-corrected chi connectivity index (χ4v) is 2.01. The highest BCUT2D eigenvalue weighted by Crippen LogP contribution is 2.11. The number of hydrogen-bond acceptors (Lipinski definition) is 4. The summed E-state index contributed by atoms with van der Waals surface area (Å²) in [6, 6.07) is 9.08. The predicted molar refractivity (Wildman–Crippen MR) is 79.8 cm³/mol. The van der Waals surface area contributed by atoms with Gasteiger partial charge in [0.25, 0.3) is 5.91 Å². The first-order valence-corrected chi connectivity index (χ1v) is 7.03. The third-order valence-electron chi connectivity index (χ3n) is 3.42. The minimum absolute atomic E-state index is 0.130. The third-order valence-corrected chi connectivity index (χ3v) is 3.42.